The number of carbonyl (C=O) groups is 1. The molecule has 21 heavy (non-hydrogen) atoms. The second-order valence-corrected chi connectivity index (χ2v) is 5.13. The van der Waals surface area contributed by atoms with Crippen LogP contribution in [0, 0.1) is 25.2 Å². The molecular formula is C16H25N3O2. The summed E-state index contributed by atoms with van der Waals surface area (Å²) in [6.07, 6.45) is 0.422. The van der Waals surface area contributed by atoms with Crippen molar-refractivity contribution in [2.45, 2.75) is 33.7 Å². The van der Waals surface area contributed by atoms with Crippen LogP contribution in [0.25, 0.3) is 0 Å². The van der Waals surface area contributed by atoms with E-state index in [1.165, 1.54) is 0 Å². The molecule has 1 rings (SSSR count). The van der Waals surface area contributed by atoms with E-state index in [2.05, 4.69) is 17.6 Å². The van der Waals surface area contributed by atoms with Crippen molar-refractivity contribution < 1.29 is 9.53 Å². The second-order valence-electron chi connectivity index (χ2n) is 5.13. The predicted octanol–water partition coefficient (Wildman–Crippen LogP) is 2.17. The van der Waals surface area contributed by atoms with Gasteiger partial charge in [-0.25, -0.2) is 0 Å². The summed E-state index contributed by atoms with van der Waals surface area (Å²) in [6.45, 7) is 9.10. The van der Waals surface area contributed by atoms with E-state index in [0.29, 0.717) is 32.7 Å². The number of carbonyl (C=O) groups excluding carboxylic acids is 1. The van der Waals surface area contributed by atoms with Gasteiger partial charge >= 0.3 is 0 Å². The molecule has 0 fully saturated rings. The molecule has 0 aromatic carbocycles. The van der Waals surface area contributed by atoms with Crippen molar-refractivity contribution >= 4 is 5.78 Å². The van der Waals surface area contributed by atoms with Gasteiger partial charge in [0.25, 0.3) is 0 Å². The number of hydrogen-bond acceptors (Lipinski definition) is 4. The van der Waals surface area contributed by atoms with Crippen molar-refractivity contribution in [3.8, 4) is 6.07 Å². The summed E-state index contributed by atoms with van der Waals surface area (Å²) in [4.78, 5) is 14.5. The molecule has 0 aliphatic carbocycles. The number of ketones is 1. The zero-order valence-corrected chi connectivity index (χ0v) is 13.5. The summed E-state index contributed by atoms with van der Waals surface area (Å²) in [5.41, 5.74) is 2.92. The average molecular weight is 291 g/mol. The minimum Gasteiger partial charge on any atom is -0.383 e. The zero-order valence-electron chi connectivity index (χ0n) is 13.5. The quantitative estimate of drug-likeness (QED) is 0.654. The van der Waals surface area contributed by atoms with Crippen molar-refractivity contribution in [1.29, 1.82) is 5.26 Å². The number of rotatable bonds is 9. The monoisotopic (exact) mass is 291 g/mol. The molecule has 5 nitrogen and oxygen atoms in total. The fourth-order valence-electron chi connectivity index (χ4n) is 2.56. The average Bonchev–Trinajstić information content (AvgIpc) is 2.76. The van der Waals surface area contributed by atoms with Crippen LogP contribution >= 0.6 is 0 Å². The van der Waals surface area contributed by atoms with E-state index in [0.717, 1.165) is 23.5 Å². The van der Waals surface area contributed by atoms with Crippen LogP contribution < -0.4 is 0 Å². The van der Waals surface area contributed by atoms with Gasteiger partial charge in [0.05, 0.1) is 19.2 Å². The number of Topliss-reactive ketones (excluding diaryl/α,β-unsaturated/α-hetero) is 1. The molecule has 0 spiro atoms. The molecule has 0 atom stereocenters. The maximum absolute atomic E-state index is 12.5. The lowest BCUT2D eigenvalue weighted by molar-refractivity contribution is 0.0897. The SMILES string of the molecule is CCn1c(C)cc(C(=O)CN(CCC#N)CCOC)c1C. The smallest absolute Gasteiger partial charge is 0.178 e. The van der Waals surface area contributed by atoms with Gasteiger partial charge in [0, 0.05) is 50.1 Å². The molecule has 0 radical (unpaired) electrons. The standard InChI is InChI=1S/C16H25N3O2/c1-5-19-13(2)11-15(14(19)3)16(20)12-18(8-6-7-17)9-10-21-4/h11H,5-6,8-10,12H2,1-4H3. The Labute approximate surface area is 127 Å². The Hall–Kier alpha value is -1.64. The number of ether oxygens (including phenoxy) is 1. The van der Waals surface area contributed by atoms with E-state index < -0.39 is 0 Å². The first kappa shape index (κ1) is 17.4. The first-order chi connectivity index (χ1) is 10.0. The topological polar surface area (TPSA) is 58.3 Å². The number of hydrogen-bond donors (Lipinski definition) is 0. The highest BCUT2D eigenvalue weighted by molar-refractivity contribution is 5.99. The lowest BCUT2D eigenvalue weighted by atomic mass is 10.1. The first-order valence-electron chi connectivity index (χ1n) is 7.33. The van der Waals surface area contributed by atoms with Crippen molar-refractivity contribution in [3.63, 3.8) is 0 Å². The lowest BCUT2D eigenvalue weighted by Crippen LogP contribution is -2.33. The van der Waals surface area contributed by atoms with Gasteiger partial charge in [-0.2, -0.15) is 5.26 Å². The normalized spacial score (nSPS) is 10.9. The van der Waals surface area contributed by atoms with E-state index in [9.17, 15) is 4.79 Å². The van der Waals surface area contributed by atoms with E-state index in [1.54, 1.807) is 7.11 Å². The van der Waals surface area contributed by atoms with Crippen LogP contribution in [-0.2, 0) is 11.3 Å². The molecule has 1 aromatic rings. The fourth-order valence-corrected chi connectivity index (χ4v) is 2.56. The van der Waals surface area contributed by atoms with Crippen molar-refractivity contribution in [1.82, 2.24) is 9.47 Å². The van der Waals surface area contributed by atoms with Gasteiger partial charge in [0.1, 0.15) is 0 Å². The molecule has 0 saturated heterocycles. The Morgan fingerprint density at radius 2 is 2.14 bits per heavy atom. The maximum Gasteiger partial charge on any atom is 0.178 e. The van der Waals surface area contributed by atoms with Crippen LogP contribution in [-0.4, -0.2) is 48.6 Å². The summed E-state index contributed by atoms with van der Waals surface area (Å²) in [5, 5.41) is 8.71. The molecule has 0 amide bonds. The molecule has 0 bridgehead atoms. The summed E-state index contributed by atoms with van der Waals surface area (Å²) in [7, 11) is 1.64. The highest BCUT2D eigenvalue weighted by Gasteiger charge is 2.17. The maximum atomic E-state index is 12.5. The third-order valence-corrected chi connectivity index (χ3v) is 3.71. The van der Waals surface area contributed by atoms with Gasteiger partial charge in [0.2, 0.25) is 0 Å². The molecule has 5 heteroatoms. The summed E-state index contributed by atoms with van der Waals surface area (Å²) in [6, 6.07) is 4.08. The van der Waals surface area contributed by atoms with Gasteiger partial charge < -0.3 is 9.30 Å². The minimum absolute atomic E-state index is 0.108. The van der Waals surface area contributed by atoms with Crippen LogP contribution in [0.5, 0.6) is 0 Å². The third-order valence-electron chi connectivity index (χ3n) is 3.71. The van der Waals surface area contributed by atoms with Gasteiger partial charge in [-0.1, -0.05) is 0 Å². The highest BCUT2D eigenvalue weighted by Crippen LogP contribution is 2.16. The molecule has 0 aliphatic heterocycles. The third kappa shape index (κ3) is 4.69. The molecular weight excluding hydrogens is 266 g/mol. The molecule has 1 aromatic heterocycles. The molecule has 1 heterocycles. The first-order valence-corrected chi connectivity index (χ1v) is 7.33. The molecule has 0 aliphatic rings. The summed E-state index contributed by atoms with van der Waals surface area (Å²) in [5.74, 6) is 0.108. The second kappa shape index (κ2) is 8.60. The van der Waals surface area contributed by atoms with E-state index in [-0.39, 0.29) is 5.78 Å². The number of aromatic nitrogens is 1. The van der Waals surface area contributed by atoms with Gasteiger partial charge in [-0.05, 0) is 26.8 Å². The van der Waals surface area contributed by atoms with Crippen LogP contribution in [0.1, 0.15) is 35.1 Å². The molecule has 0 unspecified atom stereocenters. The van der Waals surface area contributed by atoms with Crippen LogP contribution in [0.4, 0.5) is 0 Å². The van der Waals surface area contributed by atoms with E-state index >= 15 is 0 Å². The molecule has 0 N–H and O–H groups in total. The van der Waals surface area contributed by atoms with E-state index in [1.807, 2.05) is 24.8 Å². The number of nitrogens with zero attached hydrogens (tertiary/aromatic N) is 3. The Kier molecular flexibility index (Phi) is 7.13. The van der Waals surface area contributed by atoms with Crippen LogP contribution in [0.2, 0.25) is 0 Å². The Bertz CT molecular complexity index is 514. The molecule has 0 saturated carbocycles. The van der Waals surface area contributed by atoms with Crippen LogP contribution in [0.15, 0.2) is 6.07 Å². The fraction of sp³-hybridized carbons (Fsp3) is 0.625. The number of nitriles is 1. The summed E-state index contributed by atoms with van der Waals surface area (Å²) >= 11 is 0. The minimum atomic E-state index is 0.108. The van der Waals surface area contributed by atoms with Gasteiger partial charge in [-0.15, -0.1) is 0 Å². The largest absolute Gasteiger partial charge is 0.383 e. The van der Waals surface area contributed by atoms with Crippen molar-refractivity contribution in [2.75, 3.05) is 33.4 Å². The van der Waals surface area contributed by atoms with Crippen molar-refractivity contribution in [2.24, 2.45) is 0 Å². The Morgan fingerprint density at radius 3 is 2.67 bits per heavy atom. The Morgan fingerprint density at radius 1 is 1.43 bits per heavy atom. The van der Waals surface area contributed by atoms with Gasteiger partial charge in [0.15, 0.2) is 5.78 Å². The van der Waals surface area contributed by atoms with E-state index in [4.69, 9.17) is 10.00 Å². The Balaban J connectivity index is 2.79. The van der Waals surface area contributed by atoms with Gasteiger partial charge in [-0.3, -0.25) is 9.69 Å². The number of methoxy groups -OCH3 is 1. The summed E-state index contributed by atoms with van der Waals surface area (Å²) < 4.78 is 7.20. The molecule has 116 valence electrons. The predicted molar refractivity (Wildman–Crippen MR) is 82.5 cm³/mol. The highest BCUT2D eigenvalue weighted by atomic mass is 16.5. The van der Waals surface area contributed by atoms with Crippen LogP contribution in [0.3, 0.4) is 0 Å². The number of aryl methyl sites for hydroxylation is 1. The lowest BCUT2D eigenvalue weighted by Gasteiger charge is -2.19. The van der Waals surface area contributed by atoms with Crippen molar-refractivity contribution in [3.05, 3.63) is 23.0 Å². The zero-order chi connectivity index (χ0) is 15.8.